The number of hydrazone groups is 1. The number of Topliss-reactive ketones (excluding diaryl/α,β-unsaturated/α-hetero) is 1. The number of aryl methyl sites for hydroxylation is 1. The normalized spacial score (nSPS) is 12.3. The minimum Gasteiger partial charge on any atom is -0.497 e. The van der Waals surface area contributed by atoms with Gasteiger partial charge in [-0.1, -0.05) is 41.9 Å². The van der Waals surface area contributed by atoms with Crippen LogP contribution in [0.1, 0.15) is 27.3 Å². The molecule has 0 bridgehead atoms. The zero-order valence-electron chi connectivity index (χ0n) is 19.4. The number of carbonyl (C=O) groups excluding carboxylic acids is 1. The molecular formula is C26H22ClN5O3. The molecule has 0 radical (unpaired) electrons. The second kappa shape index (κ2) is 9.23. The van der Waals surface area contributed by atoms with E-state index in [9.17, 15) is 4.79 Å². The van der Waals surface area contributed by atoms with Gasteiger partial charge >= 0.3 is 0 Å². The number of nitrogens with zero attached hydrogens (tertiary/aromatic N) is 5. The van der Waals surface area contributed by atoms with Crippen LogP contribution < -0.4 is 14.5 Å². The fourth-order valence-corrected chi connectivity index (χ4v) is 4.19. The summed E-state index contributed by atoms with van der Waals surface area (Å²) < 4.78 is 12.6. The average Bonchev–Trinajstić information content (AvgIpc) is 3.21. The fourth-order valence-electron chi connectivity index (χ4n) is 4.07. The number of benzene rings is 3. The van der Waals surface area contributed by atoms with Crippen LogP contribution in [0, 0.1) is 6.92 Å². The number of aromatic nitrogens is 3. The van der Waals surface area contributed by atoms with Gasteiger partial charge in [0.25, 0.3) is 5.95 Å². The topological polar surface area (TPSA) is 81.8 Å². The minimum absolute atomic E-state index is 0.0905. The molecule has 176 valence electrons. The summed E-state index contributed by atoms with van der Waals surface area (Å²) in [5, 5.41) is 15.8. The zero-order chi connectivity index (χ0) is 24.5. The molecule has 1 aromatic heterocycles. The molecule has 1 aliphatic heterocycles. The number of halogens is 1. The van der Waals surface area contributed by atoms with E-state index in [1.165, 1.54) is 7.11 Å². The van der Waals surface area contributed by atoms with Gasteiger partial charge in [0.1, 0.15) is 29.6 Å². The van der Waals surface area contributed by atoms with Gasteiger partial charge in [-0.15, -0.1) is 10.2 Å². The summed E-state index contributed by atoms with van der Waals surface area (Å²) >= 11 is 6.14. The van der Waals surface area contributed by atoms with Crippen molar-refractivity contribution in [2.24, 2.45) is 5.10 Å². The highest BCUT2D eigenvalue weighted by Crippen LogP contribution is 2.31. The number of methoxy groups -OCH3 is 2. The molecule has 9 heteroatoms. The van der Waals surface area contributed by atoms with Crippen LogP contribution in [-0.4, -0.2) is 47.0 Å². The van der Waals surface area contributed by atoms with Crippen molar-refractivity contribution in [3.05, 3.63) is 94.3 Å². The fraction of sp³-hybridized carbons (Fsp3) is 0.154. The molecule has 5 rings (SSSR count). The van der Waals surface area contributed by atoms with E-state index in [0.717, 1.165) is 16.8 Å². The van der Waals surface area contributed by atoms with Crippen LogP contribution in [0.3, 0.4) is 0 Å². The molecule has 0 N–H and O–H groups in total. The second-order valence-electron chi connectivity index (χ2n) is 7.90. The molecule has 1 aliphatic rings. The first-order valence-corrected chi connectivity index (χ1v) is 11.3. The van der Waals surface area contributed by atoms with Crippen LogP contribution in [0.25, 0.3) is 5.69 Å². The minimum atomic E-state index is -0.210. The number of para-hydroxylation sites is 1. The Kier molecular flexibility index (Phi) is 5.96. The number of ether oxygens (including phenoxy) is 2. The summed E-state index contributed by atoms with van der Waals surface area (Å²) in [6, 6.07) is 20.4. The first-order chi connectivity index (χ1) is 17.0. The molecule has 35 heavy (non-hydrogen) atoms. The number of carbonyl (C=O) groups is 1. The first-order valence-electron chi connectivity index (χ1n) is 10.9. The highest BCUT2D eigenvalue weighted by molar-refractivity contribution is 6.30. The Labute approximate surface area is 207 Å². The van der Waals surface area contributed by atoms with Gasteiger partial charge in [0.05, 0.1) is 25.5 Å². The van der Waals surface area contributed by atoms with E-state index in [2.05, 4.69) is 10.2 Å². The molecule has 0 fully saturated rings. The predicted octanol–water partition coefficient (Wildman–Crippen LogP) is 4.70. The van der Waals surface area contributed by atoms with Crippen molar-refractivity contribution in [2.45, 2.75) is 6.92 Å². The molecule has 2 heterocycles. The molecule has 0 unspecified atom stereocenters. The van der Waals surface area contributed by atoms with Crippen molar-refractivity contribution in [1.29, 1.82) is 0 Å². The third-order valence-electron chi connectivity index (χ3n) is 5.78. The van der Waals surface area contributed by atoms with Gasteiger partial charge in [-0.2, -0.15) is 5.10 Å². The average molecular weight is 488 g/mol. The molecule has 3 aromatic carbocycles. The molecule has 0 saturated carbocycles. The third-order valence-corrected chi connectivity index (χ3v) is 6.03. The Morgan fingerprint density at radius 3 is 2.49 bits per heavy atom. The van der Waals surface area contributed by atoms with Gasteiger partial charge in [-0.3, -0.25) is 9.36 Å². The van der Waals surface area contributed by atoms with Crippen molar-refractivity contribution in [2.75, 3.05) is 25.8 Å². The number of fused-ring (bicyclic) bond motifs is 3. The van der Waals surface area contributed by atoms with Crippen molar-refractivity contribution < 1.29 is 14.3 Å². The Morgan fingerprint density at radius 1 is 0.971 bits per heavy atom. The number of hydrogen-bond donors (Lipinski definition) is 0. The summed E-state index contributed by atoms with van der Waals surface area (Å²) in [7, 11) is 3.08. The Bertz CT molecular complexity index is 1450. The quantitative estimate of drug-likeness (QED) is 0.367. The highest BCUT2D eigenvalue weighted by Gasteiger charge is 2.28. The Hall–Kier alpha value is -4.17. The third kappa shape index (κ3) is 4.13. The lowest BCUT2D eigenvalue weighted by molar-refractivity contribution is 0.0995. The standard InChI is InChI=1S/C26H22ClN5O3/c1-16-28-29-26-31(15-23(33)21-14-19(34-2)12-13-24(21)35-3)30-25(17-8-10-18(27)11-9-17)20-6-4-5-7-22(20)32(16)26/h4-14H,15H2,1-3H3. The van der Waals surface area contributed by atoms with Gasteiger partial charge in [0.15, 0.2) is 5.78 Å². The van der Waals surface area contributed by atoms with Crippen LogP contribution in [0.2, 0.25) is 5.02 Å². The van der Waals surface area contributed by atoms with Crippen LogP contribution >= 0.6 is 11.6 Å². The second-order valence-corrected chi connectivity index (χ2v) is 8.34. The lowest BCUT2D eigenvalue weighted by Gasteiger charge is -2.18. The molecule has 0 amide bonds. The van der Waals surface area contributed by atoms with E-state index >= 15 is 0 Å². The first kappa shape index (κ1) is 22.6. The van der Waals surface area contributed by atoms with E-state index in [0.29, 0.717) is 39.6 Å². The number of anilines is 1. The van der Waals surface area contributed by atoms with Gasteiger partial charge in [-0.05, 0) is 43.3 Å². The van der Waals surface area contributed by atoms with Crippen molar-refractivity contribution >= 4 is 29.0 Å². The summed E-state index contributed by atoms with van der Waals surface area (Å²) in [6.45, 7) is 1.78. The molecular weight excluding hydrogens is 466 g/mol. The maximum absolute atomic E-state index is 13.5. The lowest BCUT2D eigenvalue weighted by Crippen LogP contribution is -2.28. The van der Waals surface area contributed by atoms with Crippen molar-refractivity contribution in [3.63, 3.8) is 0 Å². The lowest BCUT2D eigenvalue weighted by atomic mass is 10.0. The summed E-state index contributed by atoms with van der Waals surface area (Å²) in [5.74, 6) is 1.92. The van der Waals surface area contributed by atoms with Gasteiger partial charge < -0.3 is 9.47 Å². The van der Waals surface area contributed by atoms with Crippen LogP contribution in [-0.2, 0) is 0 Å². The summed E-state index contributed by atoms with van der Waals surface area (Å²) in [6.07, 6.45) is 0. The van der Waals surface area contributed by atoms with Crippen molar-refractivity contribution in [3.8, 4) is 17.2 Å². The predicted molar refractivity (Wildman–Crippen MR) is 134 cm³/mol. The van der Waals surface area contributed by atoms with E-state index in [-0.39, 0.29) is 12.3 Å². The molecule has 0 atom stereocenters. The molecule has 0 saturated heterocycles. The Balaban J connectivity index is 1.66. The van der Waals surface area contributed by atoms with Crippen molar-refractivity contribution in [1.82, 2.24) is 14.8 Å². The van der Waals surface area contributed by atoms with E-state index in [4.69, 9.17) is 26.2 Å². The zero-order valence-corrected chi connectivity index (χ0v) is 20.2. The van der Waals surface area contributed by atoms with Crippen LogP contribution in [0.4, 0.5) is 5.95 Å². The molecule has 0 spiro atoms. The SMILES string of the molecule is COc1ccc(OC)c(C(=O)CN2N=C(c3ccc(Cl)cc3)c3ccccc3-n3c(C)nnc32)c1. The van der Waals surface area contributed by atoms with Crippen LogP contribution in [0.5, 0.6) is 11.5 Å². The molecule has 0 aliphatic carbocycles. The van der Waals surface area contributed by atoms with E-state index < -0.39 is 0 Å². The number of ketones is 1. The maximum Gasteiger partial charge on any atom is 0.252 e. The molecule has 8 nitrogen and oxygen atoms in total. The van der Waals surface area contributed by atoms with Gasteiger partial charge in [0.2, 0.25) is 0 Å². The van der Waals surface area contributed by atoms with E-state index in [1.54, 1.807) is 30.3 Å². The highest BCUT2D eigenvalue weighted by atomic mass is 35.5. The van der Waals surface area contributed by atoms with Crippen LogP contribution in [0.15, 0.2) is 71.8 Å². The largest absolute Gasteiger partial charge is 0.497 e. The number of hydrogen-bond acceptors (Lipinski definition) is 7. The number of rotatable bonds is 6. The molecule has 4 aromatic rings. The maximum atomic E-state index is 13.5. The Morgan fingerprint density at radius 2 is 1.74 bits per heavy atom. The smallest absolute Gasteiger partial charge is 0.252 e. The van der Waals surface area contributed by atoms with E-state index in [1.807, 2.05) is 60.0 Å². The summed E-state index contributed by atoms with van der Waals surface area (Å²) in [5.41, 5.74) is 3.68. The van der Waals surface area contributed by atoms with Gasteiger partial charge in [-0.25, -0.2) is 5.01 Å². The monoisotopic (exact) mass is 487 g/mol. The summed E-state index contributed by atoms with van der Waals surface area (Å²) in [4.78, 5) is 13.5. The van der Waals surface area contributed by atoms with Gasteiger partial charge in [0, 0.05) is 16.1 Å².